The fourth-order valence-corrected chi connectivity index (χ4v) is 12.9. The molecule has 0 N–H and O–H groups in total. The van der Waals surface area contributed by atoms with Crippen molar-refractivity contribution >= 4 is 65.6 Å². The summed E-state index contributed by atoms with van der Waals surface area (Å²) in [6.07, 6.45) is 0.995. The molecule has 1 aliphatic carbocycles. The van der Waals surface area contributed by atoms with Crippen LogP contribution in [0.15, 0.2) is 249 Å². The standard InChI is InChI=1S/C65H48N2S/c1-44(56(46-22-8-3-9-23-46)40-45-20-6-2-7-21-45)47-34-37-54-55-38-35-51(43-64(55)68-63(54)41-47)66(48-24-10-4-11-25-48)50-36-39-62-60(42-50)65(57-30-16-14-28-52(57)53-29-15-17-31-58(53)65)59-32-18-19-33-61(59)67(62)49-26-12-5-13-27-49/h2-39,41-44,56H,40H2,1H3. The zero-order valence-electron chi connectivity index (χ0n) is 37.8. The van der Waals surface area contributed by atoms with Gasteiger partial charge >= 0.3 is 0 Å². The van der Waals surface area contributed by atoms with E-state index in [9.17, 15) is 0 Å². The summed E-state index contributed by atoms with van der Waals surface area (Å²) in [6, 6.07) is 92.5. The number of thiophene rings is 1. The predicted molar refractivity (Wildman–Crippen MR) is 287 cm³/mol. The number of para-hydroxylation sites is 3. The van der Waals surface area contributed by atoms with Crippen molar-refractivity contribution in [2.45, 2.75) is 30.6 Å². The summed E-state index contributed by atoms with van der Waals surface area (Å²) >= 11 is 1.91. The quantitative estimate of drug-likeness (QED) is 0.142. The van der Waals surface area contributed by atoms with Gasteiger partial charge in [0.2, 0.25) is 0 Å². The van der Waals surface area contributed by atoms with Crippen molar-refractivity contribution in [1.82, 2.24) is 0 Å². The van der Waals surface area contributed by atoms with Gasteiger partial charge in [-0.05, 0) is 135 Å². The van der Waals surface area contributed by atoms with Crippen molar-refractivity contribution < 1.29 is 0 Å². The van der Waals surface area contributed by atoms with Crippen LogP contribution in [0.25, 0.3) is 31.3 Å². The first-order valence-corrected chi connectivity index (χ1v) is 24.7. The second kappa shape index (κ2) is 16.4. The molecule has 324 valence electrons. The van der Waals surface area contributed by atoms with E-state index in [4.69, 9.17) is 0 Å². The maximum atomic E-state index is 2.49. The molecule has 0 radical (unpaired) electrons. The molecule has 1 aromatic heterocycles. The van der Waals surface area contributed by atoms with Gasteiger partial charge < -0.3 is 9.80 Å². The SMILES string of the molecule is CC(c1ccc2c(c1)sc1cc(N(c3ccccc3)c3ccc4c(c3)C3(c5ccccc5-c5ccccc53)c3ccccc3N4c3ccccc3)ccc12)C(Cc1ccccc1)c1ccccc1. The Morgan fingerprint density at radius 1 is 0.426 bits per heavy atom. The molecule has 11 aromatic rings. The highest BCUT2D eigenvalue weighted by Crippen LogP contribution is 2.64. The molecule has 2 heterocycles. The van der Waals surface area contributed by atoms with Gasteiger partial charge in [-0.2, -0.15) is 0 Å². The van der Waals surface area contributed by atoms with Gasteiger partial charge in [-0.25, -0.2) is 0 Å². The number of nitrogens with zero attached hydrogens (tertiary/aromatic N) is 2. The first-order chi connectivity index (χ1) is 33.6. The molecule has 13 rings (SSSR count). The van der Waals surface area contributed by atoms with Gasteiger partial charge in [0.25, 0.3) is 0 Å². The van der Waals surface area contributed by atoms with Crippen molar-refractivity contribution in [3.8, 4) is 11.1 Å². The van der Waals surface area contributed by atoms with Gasteiger partial charge in [0, 0.05) is 42.9 Å². The number of benzene rings is 10. The van der Waals surface area contributed by atoms with E-state index in [1.807, 2.05) is 11.3 Å². The molecule has 0 bridgehead atoms. The highest BCUT2D eigenvalue weighted by molar-refractivity contribution is 7.25. The highest BCUT2D eigenvalue weighted by atomic mass is 32.1. The lowest BCUT2D eigenvalue weighted by Crippen LogP contribution is -2.36. The third kappa shape index (κ3) is 6.37. The fourth-order valence-electron chi connectivity index (χ4n) is 11.7. The van der Waals surface area contributed by atoms with Gasteiger partial charge in [-0.15, -0.1) is 11.3 Å². The molecule has 0 amide bonds. The van der Waals surface area contributed by atoms with Gasteiger partial charge in [0.05, 0.1) is 16.8 Å². The molecule has 1 spiro atoms. The van der Waals surface area contributed by atoms with Crippen LogP contribution in [0.2, 0.25) is 0 Å². The van der Waals surface area contributed by atoms with Crippen molar-refractivity contribution in [3.63, 3.8) is 0 Å². The largest absolute Gasteiger partial charge is 0.310 e. The van der Waals surface area contributed by atoms with Crippen LogP contribution in [-0.4, -0.2) is 0 Å². The third-order valence-corrected chi connectivity index (χ3v) is 15.9. The molecule has 68 heavy (non-hydrogen) atoms. The summed E-state index contributed by atoms with van der Waals surface area (Å²) in [5.41, 5.74) is 18.3. The monoisotopic (exact) mass is 888 g/mol. The minimum Gasteiger partial charge on any atom is -0.310 e. The van der Waals surface area contributed by atoms with Gasteiger partial charge in [0.1, 0.15) is 0 Å². The van der Waals surface area contributed by atoms with E-state index in [2.05, 4.69) is 265 Å². The maximum Gasteiger partial charge on any atom is 0.0755 e. The van der Waals surface area contributed by atoms with Gasteiger partial charge in [0.15, 0.2) is 0 Å². The van der Waals surface area contributed by atoms with Crippen LogP contribution in [0.1, 0.15) is 57.7 Å². The van der Waals surface area contributed by atoms with E-state index in [-0.39, 0.29) is 0 Å². The minimum atomic E-state index is -0.548. The molecule has 2 unspecified atom stereocenters. The first kappa shape index (κ1) is 40.3. The molecule has 2 aliphatic rings. The Balaban J connectivity index is 0.971. The van der Waals surface area contributed by atoms with E-state index in [1.165, 1.54) is 81.6 Å². The summed E-state index contributed by atoms with van der Waals surface area (Å²) in [7, 11) is 0. The summed E-state index contributed by atoms with van der Waals surface area (Å²) in [6.45, 7) is 2.41. The first-order valence-electron chi connectivity index (χ1n) is 23.8. The zero-order valence-corrected chi connectivity index (χ0v) is 38.7. The van der Waals surface area contributed by atoms with Crippen LogP contribution < -0.4 is 9.80 Å². The number of hydrogen-bond acceptors (Lipinski definition) is 3. The van der Waals surface area contributed by atoms with Gasteiger partial charge in [-0.1, -0.05) is 189 Å². The Bertz CT molecular complexity index is 3590. The minimum absolute atomic E-state index is 0.326. The molecule has 2 atom stereocenters. The van der Waals surface area contributed by atoms with Crippen molar-refractivity contribution in [2.75, 3.05) is 9.80 Å². The molecule has 0 saturated carbocycles. The van der Waals surface area contributed by atoms with E-state index in [1.54, 1.807) is 0 Å². The highest BCUT2D eigenvalue weighted by Gasteiger charge is 2.51. The van der Waals surface area contributed by atoms with Crippen LogP contribution in [0.5, 0.6) is 0 Å². The fraction of sp³-hybridized carbons (Fsp3) is 0.0769. The number of hydrogen-bond donors (Lipinski definition) is 0. The van der Waals surface area contributed by atoms with Crippen LogP contribution in [0, 0.1) is 0 Å². The molecule has 10 aromatic carbocycles. The topological polar surface area (TPSA) is 6.48 Å². The number of rotatable bonds is 9. The molecule has 3 heteroatoms. The van der Waals surface area contributed by atoms with Crippen LogP contribution in [-0.2, 0) is 11.8 Å². The maximum absolute atomic E-state index is 2.49. The Kier molecular flexibility index (Phi) is 9.73. The predicted octanol–water partition coefficient (Wildman–Crippen LogP) is 17.8. The molecular weight excluding hydrogens is 841 g/mol. The lowest BCUT2D eigenvalue weighted by molar-refractivity contribution is 0.573. The average Bonchev–Trinajstić information content (AvgIpc) is 3.92. The Morgan fingerprint density at radius 3 is 1.66 bits per heavy atom. The second-order valence-corrected chi connectivity index (χ2v) is 19.5. The Hall–Kier alpha value is -7.98. The molecule has 0 fully saturated rings. The van der Waals surface area contributed by atoms with Crippen LogP contribution in [0.3, 0.4) is 0 Å². The van der Waals surface area contributed by atoms with E-state index in [0.717, 1.165) is 29.2 Å². The second-order valence-electron chi connectivity index (χ2n) is 18.4. The van der Waals surface area contributed by atoms with Crippen molar-refractivity contribution in [1.29, 1.82) is 0 Å². The van der Waals surface area contributed by atoms with E-state index in [0.29, 0.717) is 11.8 Å². The van der Waals surface area contributed by atoms with Crippen LogP contribution in [0.4, 0.5) is 34.1 Å². The molecular formula is C65H48N2S. The third-order valence-electron chi connectivity index (χ3n) is 14.8. The Morgan fingerprint density at radius 2 is 0.956 bits per heavy atom. The average molecular weight is 889 g/mol. The Labute approximate surface area is 402 Å². The van der Waals surface area contributed by atoms with E-state index < -0.39 is 5.41 Å². The number of fused-ring (bicyclic) bond motifs is 12. The van der Waals surface area contributed by atoms with Gasteiger partial charge in [-0.3, -0.25) is 0 Å². The lowest BCUT2D eigenvalue weighted by Gasteiger charge is -2.45. The normalized spacial score (nSPS) is 14.0. The van der Waals surface area contributed by atoms with Crippen molar-refractivity contribution in [2.24, 2.45) is 0 Å². The molecule has 0 saturated heterocycles. The van der Waals surface area contributed by atoms with E-state index >= 15 is 0 Å². The summed E-state index contributed by atoms with van der Waals surface area (Å²) in [4.78, 5) is 4.93. The lowest BCUT2D eigenvalue weighted by atomic mass is 9.64. The number of anilines is 6. The smallest absolute Gasteiger partial charge is 0.0755 e. The summed E-state index contributed by atoms with van der Waals surface area (Å²) in [5.74, 6) is 0.680. The van der Waals surface area contributed by atoms with Crippen LogP contribution >= 0.6 is 11.3 Å². The molecule has 2 nitrogen and oxygen atoms in total. The summed E-state index contributed by atoms with van der Waals surface area (Å²) < 4.78 is 2.61. The zero-order chi connectivity index (χ0) is 45.2. The summed E-state index contributed by atoms with van der Waals surface area (Å²) in [5, 5.41) is 2.61. The van der Waals surface area contributed by atoms with Crippen molar-refractivity contribution in [3.05, 3.63) is 288 Å². The molecule has 1 aliphatic heterocycles.